The molecule has 10 aromatic rings. The summed E-state index contributed by atoms with van der Waals surface area (Å²) in [5.74, 6) is -1.06. The van der Waals surface area contributed by atoms with Crippen molar-refractivity contribution in [3.05, 3.63) is 176 Å². The third-order valence-electron chi connectivity index (χ3n) is 8.55. The lowest BCUT2D eigenvalue weighted by atomic mass is 9.96. The van der Waals surface area contributed by atoms with Crippen LogP contribution in [0.5, 0.6) is 0 Å². The van der Waals surface area contributed by atoms with Crippen LogP contribution in [0.2, 0.25) is 0 Å². The molecule has 3 aromatic heterocycles. The van der Waals surface area contributed by atoms with Crippen LogP contribution in [0.4, 0.5) is 0 Å². The molecule has 0 aliphatic carbocycles. The van der Waals surface area contributed by atoms with Crippen LogP contribution < -0.4 is 0 Å². The van der Waals surface area contributed by atoms with Crippen molar-refractivity contribution in [2.75, 3.05) is 0 Å². The first-order valence-electron chi connectivity index (χ1n) is 23.5. The maximum absolute atomic E-state index is 9.17. The van der Waals surface area contributed by atoms with Gasteiger partial charge in [-0.3, -0.25) is 9.13 Å². The van der Waals surface area contributed by atoms with Crippen molar-refractivity contribution in [2.24, 2.45) is 0 Å². The molecule has 0 fully saturated rings. The smallest absolute Gasteiger partial charge is 0.240 e. The van der Waals surface area contributed by atoms with Crippen LogP contribution in [-0.2, 0) is 0 Å². The van der Waals surface area contributed by atoms with E-state index in [-0.39, 0.29) is 49.4 Å². The Kier molecular flexibility index (Phi) is 3.76. The van der Waals surface area contributed by atoms with Crippen LogP contribution in [0.3, 0.4) is 0 Å². The average molecular weight is 656 g/mol. The quantitative estimate of drug-likeness (QED) is 0.185. The Morgan fingerprint density at radius 2 is 0.740 bits per heavy atom. The summed E-state index contributed by atoms with van der Waals surface area (Å²) in [5.41, 5.74) is 2.28. The minimum Gasteiger partial charge on any atom is -0.278 e. The largest absolute Gasteiger partial charge is 0.278 e. The van der Waals surface area contributed by atoms with Crippen LogP contribution in [0, 0.1) is 0 Å². The molecule has 0 aliphatic rings. The van der Waals surface area contributed by atoms with Gasteiger partial charge in [-0.15, -0.1) is 0 Å². The lowest BCUT2D eigenvalue weighted by molar-refractivity contribution is 0.893. The predicted molar refractivity (Wildman–Crippen MR) is 205 cm³/mol. The topological polar surface area (TPSA) is 48.5 Å². The Hall–Kier alpha value is -6.85. The minimum atomic E-state index is -0.694. The molecule has 5 heteroatoms. The standard InChI is InChI=1S/C45H29N5/c1-2-14-30(15-3-1)31-26-28-32(29-27-31)33-16-4-5-21-38(33)43-46-44(49-39-22-10-6-17-34(39)35-18-7-11-23-40(35)49)48-45(47-43)50-41-24-12-8-19-36(41)37-20-9-13-25-42(37)50/h1-29H/i6D,7D,8D,9D,10D,11D,12D,13D,17D,18D,19D,20D,22D,23D,24D,25D. The molecule has 7 aromatic carbocycles. The first kappa shape index (κ1) is 16.5. The fraction of sp³-hybridized carbons (Fsp3) is 0. The monoisotopic (exact) mass is 655 g/mol. The maximum atomic E-state index is 9.17. The van der Waals surface area contributed by atoms with E-state index in [1.807, 2.05) is 54.6 Å². The van der Waals surface area contributed by atoms with E-state index in [1.54, 1.807) is 24.3 Å². The zero-order valence-corrected chi connectivity index (χ0v) is 25.7. The molecule has 10 rings (SSSR count). The SMILES string of the molecule is [2H]c1c([2H])c([2H])c2c(c1[2H])c1c([2H])c([2H])c([2H])c([2H])c1n2-c1nc(-c2ccccc2-c2ccc(-c3ccccc3)cc2)nc(-n2c3c([2H])c([2H])c([2H])c([2H])c3c3c([2H])c([2H])c([2H])c([2H])c32)n1. The zero-order valence-electron chi connectivity index (χ0n) is 41.7. The van der Waals surface area contributed by atoms with E-state index in [1.165, 1.54) is 0 Å². The Morgan fingerprint density at radius 1 is 0.360 bits per heavy atom. The zero-order chi connectivity index (χ0) is 46.9. The molecule has 0 aliphatic heterocycles. The van der Waals surface area contributed by atoms with Gasteiger partial charge in [0.15, 0.2) is 5.82 Å². The highest BCUT2D eigenvalue weighted by Crippen LogP contribution is 2.36. The first-order valence-corrected chi connectivity index (χ1v) is 15.5. The highest BCUT2D eigenvalue weighted by Gasteiger charge is 2.21. The first-order chi connectivity index (χ1) is 31.5. The molecule has 0 amide bonds. The maximum Gasteiger partial charge on any atom is 0.240 e. The van der Waals surface area contributed by atoms with Gasteiger partial charge in [0.1, 0.15) is 0 Å². The summed E-state index contributed by atoms with van der Waals surface area (Å²) in [4.78, 5) is 14.5. The molecular formula is C45H29N5. The predicted octanol–water partition coefficient (Wildman–Crippen LogP) is 11.1. The third kappa shape index (κ3) is 4.45. The van der Waals surface area contributed by atoms with E-state index in [4.69, 9.17) is 36.9 Å². The summed E-state index contributed by atoms with van der Waals surface area (Å²) in [6.45, 7) is 0. The number of hydrogen-bond acceptors (Lipinski definition) is 3. The van der Waals surface area contributed by atoms with Crippen molar-refractivity contribution in [1.29, 1.82) is 0 Å². The lowest BCUT2D eigenvalue weighted by Gasteiger charge is -2.14. The Balaban J connectivity index is 1.40. The molecule has 234 valence electrons. The molecule has 0 bridgehead atoms. The highest BCUT2D eigenvalue weighted by molar-refractivity contribution is 6.10. The van der Waals surface area contributed by atoms with E-state index in [0.29, 0.717) is 16.7 Å². The number of nitrogens with zero attached hydrogens (tertiary/aromatic N) is 5. The molecule has 0 saturated heterocycles. The van der Waals surface area contributed by atoms with Crippen molar-refractivity contribution < 1.29 is 21.9 Å². The summed E-state index contributed by atoms with van der Waals surface area (Å²) in [7, 11) is 0. The van der Waals surface area contributed by atoms with E-state index < -0.39 is 109 Å². The van der Waals surface area contributed by atoms with Crippen LogP contribution in [0.15, 0.2) is 176 Å². The second-order valence-electron chi connectivity index (χ2n) is 11.3. The van der Waals surface area contributed by atoms with Crippen molar-refractivity contribution in [2.45, 2.75) is 0 Å². The Labute approximate surface area is 310 Å². The summed E-state index contributed by atoms with van der Waals surface area (Å²) >= 11 is 0. The Morgan fingerprint density at radius 3 is 1.22 bits per heavy atom. The summed E-state index contributed by atoms with van der Waals surface area (Å²) < 4.78 is 144. The van der Waals surface area contributed by atoms with Gasteiger partial charge in [-0.05, 0) is 46.4 Å². The number of para-hydroxylation sites is 4. The van der Waals surface area contributed by atoms with Gasteiger partial charge in [-0.2, -0.15) is 15.0 Å². The van der Waals surface area contributed by atoms with Crippen LogP contribution in [0.1, 0.15) is 21.9 Å². The van der Waals surface area contributed by atoms with Gasteiger partial charge in [0, 0.05) is 27.1 Å². The van der Waals surface area contributed by atoms with Crippen molar-refractivity contribution in [3.8, 4) is 45.5 Å². The summed E-state index contributed by atoms with van der Waals surface area (Å²) in [6, 6.07) is 13.9. The highest BCUT2D eigenvalue weighted by atomic mass is 15.3. The summed E-state index contributed by atoms with van der Waals surface area (Å²) in [6.07, 6.45) is 0. The van der Waals surface area contributed by atoms with Gasteiger partial charge in [0.05, 0.1) is 44.0 Å². The number of rotatable bonds is 5. The molecular weight excluding hydrogens is 611 g/mol. The molecule has 0 atom stereocenters. The number of benzene rings is 7. The van der Waals surface area contributed by atoms with E-state index in [0.717, 1.165) is 20.3 Å². The van der Waals surface area contributed by atoms with E-state index in [9.17, 15) is 0 Å². The molecule has 0 radical (unpaired) electrons. The van der Waals surface area contributed by atoms with E-state index >= 15 is 0 Å². The van der Waals surface area contributed by atoms with E-state index in [2.05, 4.69) is 0 Å². The second kappa shape index (κ2) is 11.4. The normalized spacial score (nSPS) is 16.1. The molecule has 0 unspecified atom stereocenters. The number of hydrogen-bond donors (Lipinski definition) is 0. The van der Waals surface area contributed by atoms with Gasteiger partial charge >= 0.3 is 0 Å². The van der Waals surface area contributed by atoms with Crippen molar-refractivity contribution in [3.63, 3.8) is 0 Å². The fourth-order valence-electron chi connectivity index (χ4n) is 6.32. The number of fused-ring (bicyclic) bond motifs is 6. The summed E-state index contributed by atoms with van der Waals surface area (Å²) in [5, 5.41) is -1.04. The van der Waals surface area contributed by atoms with Crippen LogP contribution >= 0.6 is 0 Å². The lowest BCUT2D eigenvalue weighted by Crippen LogP contribution is -2.10. The van der Waals surface area contributed by atoms with Crippen molar-refractivity contribution >= 4 is 43.6 Å². The van der Waals surface area contributed by atoms with Gasteiger partial charge < -0.3 is 0 Å². The molecule has 5 nitrogen and oxygen atoms in total. The van der Waals surface area contributed by atoms with Gasteiger partial charge in [-0.25, -0.2) is 0 Å². The molecule has 0 spiro atoms. The third-order valence-corrected chi connectivity index (χ3v) is 8.55. The average Bonchev–Trinajstić information content (AvgIpc) is 3.89. The fourth-order valence-corrected chi connectivity index (χ4v) is 6.32. The van der Waals surface area contributed by atoms with Crippen LogP contribution in [-0.4, -0.2) is 24.1 Å². The van der Waals surface area contributed by atoms with Crippen LogP contribution in [0.25, 0.3) is 89.2 Å². The minimum absolute atomic E-state index is 0.133. The number of aromatic nitrogens is 5. The molecule has 0 saturated carbocycles. The second-order valence-corrected chi connectivity index (χ2v) is 11.3. The molecule has 3 heterocycles. The Bertz CT molecular complexity index is 3440. The van der Waals surface area contributed by atoms with Gasteiger partial charge in [0.2, 0.25) is 11.9 Å². The molecule has 50 heavy (non-hydrogen) atoms. The molecule has 0 N–H and O–H groups in total. The van der Waals surface area contributed by atoms with Gasteiger partial charge in [-0.1, -0.05) is 151 Å². The van der Waals surface area contributed by atoms with Crippen molar-refractivity contribution in [1.82, 2.24) is 24.1 Å². The van der Waals surface area contributed by atoms with Gasteiger partial charge in [0.25, 0.3) is 0 Å².